The van der Waals surface area contributed by atoms with E-state index in [1.807, 2.05) is 5.57 Å². The van der Waals surface area contributed by atoms with Gasteiger partial charge >= 0.3 is 124 Å². The Bertz CT molecular complexity index is 449. The van der Waals surface area contributed by atoms with Crippen LogP contribution in [0, 0.1) is 23.7 Å². The first-order chi connectivity index (χ1) is 8.53. The van der Waals surface area contributed by atoms with E-state index in [-0.39, 0.29) is 0 Å². The second-order valence-electron chi connectivity index (χ2n) is 8.37. The summed E-state index contributed by atoms with van der Waals surface area (Å²) in [7, 11) is 0. The van der Waals surface area contributed by atoms with Crippen LogP contribution in [-0.2, 0) is 16.6 Å². The zero-order valence-corrected chi connectivity index (χ0v) is 15.9. The Balaban J connectivity index is 2.64. The van der Waals surface area contributed by atoms with Crippen molar-refractivity contribution in [2.45, 2.75) is 60.9 Å². The van der Waals surface area contributed by atoms with Crippen LogP contribution in [0.5, 0.6) is 0 Å². The van der Waals surface area contributed by atoms with E-state index in [1.165, 1.54) is 0 Å². The average Bonchev–Trinajstić information content (AvgIpc) is 2.58. The van der Waals surface area contributed by atoms with Crippen LogP contribution >= 0.6 is 0 Å². The molecule has 0 nitrogen and oxygen atoms in total. The maximum atomic E-state index is 2.59. The summed E-state index contributed by atoms with van der Waals surface area (Å²) in [4.78, 5) is 0. The van der Waals surface area contributed by atoms with Crippen molar-refractivity contribution >= 4 is 0 Å². The van der Waals surface area contributed by atoms with Crippen LogP contribution in [-0.4, -0.2) is 0 Å². The standard InChI is InChI=1S/C15H23.3CH3.Ti/c1-8-7-14-12(5)10(3)11(4)13(6)15(14)9(8)2;;;;/h7,10-13H,1-6H3;3*1H3;. The summed E-state index contributed by atoms with van der Waals surface area (Å²) in [5.74, 6) is 3.12. The molecule has 0 radical (unpaired) electrons. The van der Waals surface area contributed by atoms with Gasteiger partial charge in [-0.2, -0.15) is 0 Å². The van der Waals surface area contributed by atoms with Crippen molar-refractivity contribution in [1.29, 1.82) is 0 Å². The molecule has 108 valence electrons. The Kier molecular flexibility index (Phi) is 3.77. The van der Waals surface area contributed by atoms with Crippen molar-refractivity contribution in [3.05, 3.63) is 22.8 Å². The monoisotopic (exact) mass is 296 g/mol. The van der Waals surface area contributed by atoms with Crippen molar-refractivity contribution in [3.8, 4) is 0 Å². The minimum atomic E-state index is -1.81. The first kappa shape index (κ1) is 15.6. The molecule has 0 saturated heterocycles. The molecule has 5 atom stereocenters. The van der Waals surface area contributed by atoms with Crippen LogP contribution in [0.15, 0.2) is 22.8 Å². The van der Waals surface area contributed by atoms with Gasteiger partial charge in [-0.3, -0.25) is 0 Å². The van der Waals surface area contributed by atoms with Gasteiger partial charge in [-0.15, -0.1) is 0 Å². The van der Waals surface area contributed by atoms with Crippen molar-refractivity contribution in [3.63, 3.8) is 0 Å². The molecular weight excluding hydrogens is 264 g/mol. The van der Waals surface area contributed by atoms with Crippen LogP contribution in [0.3, 0.4) is 0 Å². The molecule has 2 aliphatic rings. The first-order valence-electron chi connectivity index (χ1n) is 7.96. The van der Waals surface area contributed by atoms with Gasteiger partial charge in [0, 0.05) is 0 Å². The van der Waals surface area contributed by atoms with Gasteiger partial charge in [0.05, 0.1) is 0 Å². The average molecular weight is 296 g/mol. The number of rotatable bonds is 1. The molecule has 0 saturated carbocycles. The third-order valence-corrected chi connectivity index (χ3v) is 12.6. The summed E-state index contributed by atoms with van der Waals surface area (Å²) in [6.45, 7) is 14.8. The number of hydrogen-bond acceptors (Lipinski definition) is 0. The fourth-order valence-corrected chi connectivity index (χ4v) is 8.31. The molecule has 0 amide bonds. The Morgan fingerprint density at radius 1 is 0.947 bits per heavy atom. The molecule has 0 fully saturated rings. The Hall–Kier alpha value is 0.194. The third-order valence-electron chi connectivity index (χ3n) is 6.86. The van der Waals surface area contributed by atoms with Crippen molar-refractivity contribution in [1.82, 2.24) is 0 Å². The molecule has 0 aromatic rings. The summed E-state index contributed by atoms with van der Waals surface area (Å²) in [6.07, 6.45) is 2.56. The molecule has 0 spiro atoms. The number of allylic oxidation sites excluding steroid dienone is 4. The zero-order chi connectivity index (χ0) is 14.7. The van der Waals surface area contributed by atoms with E-state index in [0.717, 1.165) is 23.7 Å². The second kappa shape index (κ2) is 4.60. The predicted molar refractivity (Wildman–Crippen MR) is 83.4 cm³/mol. The molecule has 0 heterocycles. The molecule has 5 unspecified atom stereocenters. The summed E-state index contributed by atoms with van der Waals surface area (Å²) < 4.78 is 0.428. The molecule has 0 N–H and O–H groups in total. The minimum absolute atomic E-state index is 0.428. The van der Waals surface area contributed by atoms with Gasteiger partial charge in [0.15, 0.2) is 0 Å². The van der Waals surface area contributed by atoms with Crippen LogP contribution in [0.4, 0.5) is 0 Å². The summed E-state index contributed by atoms with van der Waals surface area (Å²) in [6, 6.07) is 0. The van der Waals surface area contributed by atoms with E-state index < -0.39 is 16.6 Å². The topological polar surface area (TPSA) is 0 Å². The van der Waals surface area contributed by atoms with Crippen molar-refractivity contribution in [2.24, 2.45) is 23.7 Å². The first-order valence-corrected chi connectivity index (χ1v) is 13.4. The van der Waals surface area contributed by atoms with Gasteiger partial charge in [-0.05, 0) is 0 Å². The van der Waals surface area contributed by atoms with E-state index >= 15 is 0 Å². The van der Waals surface area contributed by atoms with Crippen molar-refractivity contribution in [2.75, 3.05) is 0 Å². The molecular formula is C18H32Ti. The van der Waals surface area contributed by atoms with Gasteiger partial charge in [-0.1, -0.05) is 0 Å². The second-order valence-corrected chi connectivity index (χ2v) is 17.0. The van der Waals surface area contributed by atoms with Gasteiger partial charge in [0.25, 0.3) is 0 Å². The van der Waals surface area contributed by atoms with E-state index in [1.54, 1.807) is 11.1 Å². The third kappa shape index (κ3) is 1.97. The Morgan fingerprint density at radius 2 is 1.42 bits per heavy atom. The maximum absolute atomic E-state index is 2.59. The van der Waals surface area contributed by atoms with E-state index in [9.17, 15) is 0 Å². The number of hydrogen-bond donors (Lipinski definition) is 0. The molecule has 2 aliphatic carbocycles. The molecule has 0 aromatic carbocycles. The SMILES string of the molecule is CC1=CC2=C(C(C)C(C)C(C)C2C)[C]1(C)[Ti]([CH3])([CH3])[CH3]. The Labute approximate surface area is 124 Å². The fraction of sp³-hybridized carbons (Fsp3) is 0.778. The molecule has 1 heteroatoms. The van der Waals surface area contributed by atoms with Gasteiger partial charge in [-0.25, -0.2) is 0 Å². The summed E-state index contributed by atoms with van der Waals surface area (Å²) in [5.41, 5.74) is 5.19. The van der Waals surface area contributed by atoms with E-state index in [2.05, 4.69) is 63.3 Å². The molecule has 0 aromatic heterocycles. The van der Waals surface area contributed by atoms with Crippen LogP contribution in [0.1, 0.15) is 41.5 Å². The summed E-state index contributed by atoms with van der Waals surface area (Å²) >= 11 is -1.81. The zero-order valence-electron chi connectivity index (χ0n) is 14.4. The van der Waals surface area contributed by atoms with Gasteiger partial charge in [0.2, 0.25) is 0 Å². The van der Waals surface area contributed by atoms with Crippen LogP contribution in [0.2, 0.25) is 19.4 Å². The molecule has 19 heavy (non-hydrogen) atoms. The molecule has 0 bridgehead atoms. The van der Waals surface area contributed by atoms with E-state index in [0.29, 0.717) is 3.72 Å². The quantitative estimate of drug-likeness (QED) is 0.500. The van der Waals surface area contributed by atoms with Crippen LogP contribution < -0.4 is 0 Å². The van der Waals surface area contributed by atoms with Gasteiger partial charge < -0.3 is 0 Å². The van der Waals surface area contributed by atoms with Crippen LogP contribution in [0.25, 0.3) is 0 Å². The van der Waals surface area contributed by atoms with E-state index in [4.69, 9.17) is 0 Å². The Morgan fingerprint density at radius 3 is 1.89 bits per heavy atom. The predicted octanol–water partition coefficient (Wildman–Crippen LogP) is 6.28. The molecule has 0 aliphatic heterocycles. The normalized spacial score (nSPS) is 43.3. The summed E-state index contributed by atoms with van der Waals surface area (Å²) in [5, 5.41) is 7.77. The van der Waals surface area contributed by atoms with Crippen molar-refractivity contribution < 1.29 is 16.6 Å². The molecule has 2 rings (SSSR count). The van der Waals surface area contributed by atoms with Gasteiger partial charge in [0.1, 0.15) is 0 Å². The fourth-order valence-electron chi connectivity index (χ4n) is 4.50.